The van der Waals surface area contributed by atoms with Crippen LogP contribution in [0.15, 0.2) is 47.5 Å². The number of benzene rings is 2. The van der Waals surface area contributed by atoms with Crippen molar-refractivity contribution in [2.75, 3.05) is 12.3 Å². The number of nitrogens with two attached hydrogens (primary N) is 1. The van der Waals surface area contributed by atoms with E-state index in [2.05, 4.69) is 11.1 Å². The molecule has 0 saturated carbocycles. The highest BCUT2D eigenvalue weighted by atomic mass is 16.6. The van der Waals surface area contributed by atoms with Gasteiger partial charge in [-0.25, -0.2) is 0 Å². The zero-order valence-electron chi connectivity index (χ0n) is 10.7. The van der Waals surface area contributed by atoms with Gasteiger partial charge in [0.15, 0.2) is 0 Å². The van der Waals surface area contributed by atoms with E-state index in [4.69, 9.17) is 5.73 Å². The Morgan fingerprint density at radius 3 is 2.80 bits per heavy atom. The highest BCUT2D eigenvalue weighted by molar-refractivity contribution is 6.14. The molecular formula is C15H13N3O2. The molecule has 0 amide bonds. The number of hydrogen-bond acceptors (Lipinski definition) is 4. The Morgan fingerprint density at radius 2 is 2.00 bits per heavy atom. The number of aliphatic imine (C=N–C) groups is 1. The molecule has 1 heterocycles. The zero-order chi connectivity index (χ0) is 14.1. The normalized spacial score (nSPS) is 13.5. The van der Waals surface area contributed by atoms with E-state index in [0.717, 1.165) is 23.3 Å². The molecule has 5 nitrogen and oxygen atoms in total. The molecular weight excluding hydrogens is 254 g/mol. The smallest absolute Gasteiger partial charge is 0.292 e. The number of nitro groups is 1. The first kappa shape index (κ1) is 12.3. The molecule has 1 aliphatic rings. The highest BCUT2D eigenvalue weighted by Gasteiger charge is 2.19. The van der Waals surface area contributed by atoms with Crippen molar-refractivity contribution >= 4 is 17.1 Å². The number of anilines is 1. The minimum Gasteiger partial charge on any atom is -0.393 e. The minimum atomic E-state index is -0.464. The maximum atomic E-state index is 11.0. The molecule has 0 aromatic heterocycles. The Balaban J connectivity index is 2.12. The Kier molecular flexibility index (Phi) is 2.95. The molecule has 0 unspecified atom stereocenters. The maximum absolute atomic E-state index is 11.0. The van der Waals surface area contributed by atoms with Crippen molar-refractivity contribution in [3.63, 3.8) is 0 Å². The summed E-state index contributed by atoms with van der Waals surface area (Å²) >= 11 is 0. The molecule has 5 heteroatoms. The van der Waals surface area contributed by atoms with Crippen LogP contribution in [0.2, 0.25) is 0 Å². The van der Waals surface area contributed by atoms with Crippen LogP contribution in [0.5, 0.6) is 0 Å². The summed E-state index contributed by atoms with van der Waals surface area (Å²) in [5.41, 5.74) is 9.52. The van der Waals surface area contributed by atoms with E-state index in [-0.39, 0.29) is 11.4 Å². The lowest BCUT2D eigenvalue weighted by Gasteiger charge is -2.17. The highest BCUT2D eigenvalue weighted by Crippen LogP contribution is 2.26. The van der Waals surface area contributed by atoms with Gasteiger partial charge in [0.05, 0.1) is 10.6 Å². The molecule has 2 aromatic carbocycles. The predicted molar refractivity (Wildman–Crippen MR) is 78.2 cm³/mol. The fraction of sp³-hybridized carbons (Fsp3) is 0.133. The van der Waals surface area contributed by atoms with Crippen molar-refractivity contribution in [3.8, 4) is 0 Å². The van der Waals surface area contributed by atoms with Crippen LogP contribution in [0.3, 0.4) is 0 Å². The number of rotatable bonds is 2. The molecule has 20 heavy (non-hydrogen) atoms. The van der Waals surface area contributed by atoms with Crippen molar-refractivity contribution in [2.24, 2.45) is 4.99 Å². The Labute approximate surface area is 115 Å². The van der Waals surface area contributed by atoms with Crippen molar-refractivity contribution in [1.29, 1.82) is 0 Å². The third-order valence-corrected chi connectivity index (χ3v) is 3.42. The van der Waals surface area contributed by atoms with E-state index in [1.54, 1.807) is 12.1 Å². The Morgan fingerprint density at radius 1 is 1.20 bits per heavy atom. The van der Waals surface area contributed by atoms with Gasteiger partial charge in [-0.1, -0.05) is 30.3 Å². The molecule has 2 N–H and O–H groups in total. The largest absolute Gasteiger partial charge is 0.393 e. The Bertz CT molecular complexity index is 723. The number of nitrogen functional groups attached to an aromatic ring is 1. The van der Waals surface area contributed by atoms with Gasteiger partial charge in [-0.3, -0.25) is 15.1 Å². The summed E-state index contributed by atoms with van der Waals surface area (Å²) in [6, 6.07) is 12.8. The molecule has 0 saturated heterocycles. The molecule has 0 fully saturated rings. The zero-order valence-corrected chi connectivity index (χ0v) is 10.7. The number of nitro benzene ring substituents is 1. The number of hydrogen-bond donors (Lipinski definition) is 1. The van der Waals surface area contributed by atoms with Crippen molar-refractivity contribution < 1.29 is 4.92 Å². The van der Waals surface area contributed by atoms with Crippen LogP contribution in [0, 0.1) is 10.1 Å². The van der Waals surface area contributed by atoms with Crippen LogP contribution < -0.4 is 5.73 Å². The monoisotopic (exact) mass is 267 g/mol. The van der Waals surface area contributed by atoms with Crippen molar-refractivity contribution in [3.05, 3.63) is 69.3 Å². The number of nitrogens with zero attached hydrogens (tertiary/aromatic N) is 2. The first-order valence-corrected chi connectivity index (χ1v) is 6.34. The van der Waals surface area contributed by atoms with E-state index in [0.29, 0.717) is 6.54 Å². The average molecular weight is 267 g/mol. The van der Waals surface area contributed by atoms with Crippen LogP contribution >= 0.6 is 0 Å². The van der Waals surface area contributed by atoms with Gasteiger partial charge in [0.25, 0.3) is 5.69 Å². The Hall–Kier alpha value is -2.69. The first-order valence-electron chi connectivity index (χ1n) is 6.34. The second-order valence-corrected chi connectivity index (χ2v) is 4.67. The lowest BCUT2D eigenvalue weighted by Crippen LogP contribution is -2.14. The molecule has 0 spiro atoms. The molecule has 0 atom stereocenters. The van der Waals surface area contributed by atoms with Crippen LogP contribution in [0.1, 0.15) is 16.7 Å². The summed E-state index contributed by atoms with van der Waals surface area (Å²) in [6.45, 7) is 0.699. The third-order valence-electron chi connectivity index (χ3n) is 3.42. The van der Waals surface area contributed by atoms with E-state index < -0.39 is 4.92 Å². The lowest BCUT2D eigenvalue weighted by atomic mass is 9.93. The third kappa shape index (κ3) is 2.03. The SMILES string of the molecule is Nc1ccc(C2=NCCc3ccccc32)cc1[N+](=O)[O-]. The molecule has 1 aliphatic heterocycles. The topological polar surface area (TPSA) is 81.5 Å². The van der Waals surface area contributed by atoms with Crippen molar-refractivity contribution in [2.45, 2.75) is 6.42 Å². The predicted octanol–water partition coefficient (Wildman–Crippen LogP) is 2.57. The number of fused-ring (bicyclic) bond motifs is 1. The van der Waals surface area contributed by atoms with Crippen LogP contribution in [-0.2, 0) is 6.42 Å². The minimum absolute atomic E-state index is 0.0757. The molecule has 0 bridgehead atoms. The van der Waals surface area contributed by atoms with Gasteiger partial charge in [-0.2, -0.15) is 0 Å². The average Bonchev–Trinajstić information content (AvgIpc) is 2.47. The standard InChI is InChI=1S/C15H13N3O2/c16-13-6-5-11(9-14(13)18(19)20)15-12-4-2-1-3-10(12)7-8-17-15/h1-6,9H,7-8,16H2. The molecule has 3 rings (SSSR count). The summed E-state index contributed by atoms with van der Waals surface area (Å²) in [5, 5.41) is 11.0. The van der Waals surface area contributed by atoms with Crippen LogP contribution in [-0.4, -0.2) is 17.2 Å². The van der Waals surface area contributed by atoms with Gasteiger partial charge in [-0.15, -0.1) is 0 Å². The quantitative estimate of drug-likeness (QED) is 0.515. The maximum Gasteiger partial charge on any atom is 0.292 e. The first-order chi connectivity index (χ1) is 9.66. The fourth-order valence-corrected chi connectivity index (χ4v) is 2.44. The molecule has 0 aliphatic carbocycles. The van der Waals surface area contributed by atoms with Gasteiger partial charge < -0.3 is 5.73 Å². The van der Waals surface area contributed by atoms with E-state index in [1.165, 1.54) is 11.6 Å². The van der Waals surface area contributed by atoms with E-state index in [1.807, 2.05) is 18.2 Å². The van der Waals surface area contributed by atoms with Crippen LogP contribution in [0.4, 0.5) is 11.4 Å². The molecule has 100 valence electrons. The van der Waals surface area contributed by atoms with Gasteiger partial charge in [0.2, 0.25) is 0 Å². The van der Waals surface area contributed by atoms with Crippen LogP contribution in [0.25, 0.3) is 0 Å². The van der Waals surface area contributed by atoms with Gasteiger partial charge >= 0.3 is 0 Å². The summed E-state index contributed by atoms with van der Waals surface area (Å²) in [4.78, 5) is 15.0. The summed E-state index contributed by atoms with van der Waals surface area (Å²) in [5.74, 6) is 0. The van der Waals surface area contributed by atoms with Gasteiger partial charge in [0, 0.05) is 23.7 Å². The second-order valence-electron chi connectivity index (χ2n) is 4.67. The lowest BCUT2D eigenvalue weighted by molar-refractivity contribution is -0.383. The molecule has 0 radical (unpaired) electrons. The van der Waals surface area contributed by atoms with E-state index >= 15 is 0 Å². The summed E-state index contributed by atoms with van der Waals surface area (Å²) in [7, 11) is 0. The van der Waals surface area contributed by atoms with E-state index in [9.17, 15) is 10.1 Å². The molecule has 2 aromatic rings. The summed E-state index contributed by atoms with van der Waals surface area (Å²) in [6.07, 6.45) is 0.900. The second kappa shape index (κ2) is 4.77. The van der Waals surface area contributed by atoms with Gasteiger partial charge in [0.1, 0.15) is 5.69 Å². The summed E-state index contributed by atoms with van der Waals surface area (Å²) < 4.78 is 0. The van der Waals surface area contributed by atoms with Crippen molar-refractivity contribution in [1.82, 2.24) is 0 Å². The fourth-order valence-electron chi connectivity index (χ4n) is 2.44. The van der Waals surface area contributed by atoms with Gasteiger partial charge in [-0.05, 0) is 18.1 Å².